The minimum Gasteiger partial charge on any atom is -0.321 e. The molecule has 0 aliphatic carbocycles. The summed E-state index contributed by atoms with van der Waals surface area (Å²) >= 11 is 4.79. The Kier molecular flexibility index (Phi) is 4.11. The molecule has 2 aromatic rings. The third-order valence-corrected chi connectivity index (χ3v) is 4.67. The highest BCUT2D eigenvalue weighted by Crippen LogP contribution is 2.26. The SMILES string of the molecule is CC(C)(C)c1ccc(NC(=O)c2sccc2Br)cc1. The Hall–Kier alpha value is -1.13. The lowest BCUT2D eigenvalue weighted by Crippen LogP contribution is -2.13. The lowest BCUT2D eigenvalue weighted by atomic mass is 9.87. The Morgan fingerprint density at radius 3 is 2.26 bits per heavy atom. The quantitative estimate of drug-likeness (QED) is 0.815. The van der Waals surface area contributed by atoms with Crippen molar-refractivity contribution in [2.75, 3.05) is 5.32 Å². The molecular formula is C15H16BrNOS. The molecule has 0 atom stereocenters. The molecule has 2 rings (SSSR count). The molecule has 100 valence electrons. The molecule has 1 amide bonds. The van der Waals surface area contributed by atoms with Gasteiger partial charge < -0.3 is 5.32 Å². The van der Waals surface area contributed by atoms with Gasteiger partial charge in [0.15, 0.2) is 0 Å². The first kappa shape index (κ1) is 14.3. The highest BCUT2D eigenvalue weighted by molar-refractivity contribution is 9.10. The van der Waals surface area contributed by atoms with E-state index in [0.717, 1.165) is 10.2 Å². The van der Waals surface area contributed by atoms with Crippen molar-refractivity contribution in [3.05, 3.63) is 50.6 Å². The normalized spacial score (nSPS) is 11.4. The number of halogens is 1. The van der Waals surface area contributed by atoms with Crippen LogP contribution in [0.2, 0.25) is 0 Å². The highest BCUT2D eigenvalue weighted by atomic mass is 79.9. The van der Waals surface area contributed by atoms with Gasteiger partial charge in [0, 0.05) is 10.2 Å². The van der Waals surface area contributed by atoms with E-state index in [1.165, 1.54) is 16.9 Å². The van der Waals surface area contributed by atoms with E-state index in [2.05, 4.69) is 54.2 Å². The summed E-state index contributed by atoms with van der Waals surface area (Å²) in [6.07, 6.45) is 0. The van der Waals surface area contributed by atoms with E-state index in [-0.39, 0.29) is 11.3 Å². The van der Waals surface area contributed by atoms with E-state index in [4.69, 9.17) is 0 Å². The van der Waals surface area contributed by atoms with Crippen molar-refractivity contribution in [2.24, 2.45) is 0 Å². The molecule has 1 aromatic heterocycles. The third-order valence-electron chi connectivity index (χ3n) is 2.83. The van der Waals surface area contributed by atoms with Gasteiger partial charge in [-0.1, -0.05) is 32.9 Å². The van der Waals surface area contributed by atoms with Crippen LogP contribution in [-0.4, -0.2) is 5.91 Å². The van der Waals surface area contributed by atoms with Crippen LogP contribution in [0.3, 0.4) is 0 Å². The minimum atomic E-state index is -0.0783. The average molecular weight is 338 g/mol. The van der Waals surface area contributed by atoms with Crippen molar-refractivity contribution in [2.45, 2.75) is 26.2 Å². The van der Waals surface area contributed by atoms with Gasteiger partial charge in [-0.3, -0.25) is 4.79 Å². The lowest BCUT2D eigenvalue weighted by molar-refractivity contribution is 0.103. The number of hydrogen-bond donors (Lipinski definition) is 1. The maximum absolute atomic E-state index is 12.0. The summed E-state index contributed by atoms with van der Waals surface area (Å²) in [5.74, 6) is -0.0783. The summed E-state index contributed by atoms with van der Waals surface area (Å²) in [6, 6.07) is 9.88. The van der Waals surface area contributed by atoms with E-state index < -0.39 is 0 Å². The number of thiophene rings is 1. The van der Waals surface area contributed by atoms with Gasteiger partial charge in [0.25, 0.3) is 5.91 Å². The van der Waals surface area contributed by atoms with Gasteiger partial charge >= 0.3 is 0 Å². The lowest BCUT2D eigenvalue weighted by Gasteiger charge is -2.19. The van der Waals surface area contributed by atoms with Gasteiger partial charge in [0.05, 0.1) is 0 Å². The molecule has 1 N–H and O–H groups in total. The fourth-order valence-electron chi connectivity index (χ4n) is 1.70. The molecule has 0 saturated carbocycles. The zero-order valence-electron chi connectivity index (χ0n) is 11.2. The van der Waals surface area contributed by atoms with Gasteiger partial charge in [0.2, 0.25) is 0 Å². The molecule has 19 heavy (non-hydrogen) atoms. The second-order valence-corrected chi connectivity index (χ2v) is 7.15. The number of carbonyl (C=O) groups excluding carboxylic acids is 1. The molecule has 0 spiro atoms. The molecule has 0 unspecified atom stereocenters. The molecule has 0 fully saturated rings. The average Bonchev–Trinajstić information content (AvgIpc) is 2.75. The van der Waals surface area contributed by atoms with Crippen molar-refractivity contribution in [1.82, 2.24) is 0 Å². The molecule has 0 aliphatic rings. The predicted molar refractivity (Wildman–Crippen MR) is 85.1 cm³/mol. The molecule has 1 aromatic carbocycles. The Morgan fingerprint density at radius 2 is 1.79 bits per heavy atom. The Labute approximate surface area is 126 Å². The zero-order chi connectivity index (χ0) is 14.0. The van der Waals surface area contributed by atoms with Gasteiger partial charge in [-0.15, -0.1) is 11.3 Å². The van der Waals surface area contributed by atoms with Crippen LogP contribution >= 0.6 is 27.3 Å². The smallest absolute Gasteiger partial charge is 0.266 e. The molecule has 2 nitrogen and oxygen atoms in total. The standard InChI is InChI=1S/C15H16BrNOS/c1-15(2,3)10-4-6-11(7-5-10)17-14(18)13-12(16)8-9-19-13/h4-9H,1-3H3,(H,17,18). The van der Waals surface area contributed by atoms with E-state index in [1.54, 1.807) is 0 Å². The Bertz CT molecular complexity index is 581. The number of hydrogen-bond acceptors (Lipinski definition) is 2. The summed E-state index contributed by atoms with van der Waals surface area (Å²) in [6.45, 7) is 6.51. The summed E-state index contributed by atoms with van der Waals surface area (Å²) in [7, 11) is 0. The number of rotatable bonds is 2. The van der Waals surface area contributed by atoms with E-state index >= 15 is 0 Å². The van der Waals surface area contributed by atoms with Crippen LogP contribution in [0.1, 0.15) is 36.0 Å². The summed E-state index contributed by atoms with van der Waals surface area (Å²) in [4.78, 5) is 12.7. The maximum atomic E-state index is 12.0. The van der Waals surface area contributed by atoms with E-state index in [0.29, 0.717) is 4.88 Å². The first-order valence-electron chi connectivity index (χ1n) is 6.03. The Balaban J connectivity index is 2.12. The van der Waals surface area contributed by atoms with Crippen molar-refractivity contribution >= 4 is 38.9 Å². The fraction of sp³-hybridized carbons (Fsp3) is 0.267. The largest absolute Gasteiger partial charge is 0.321 e. The van der Waals surface area contributed by atoms with Crippen LogP contribution in [0.4, 0.5) is 5.69 Å². The van der Waals surface area contributed by atoms with Crippen molar-refractivity contribution in [1.29, 1.82) is 0 Å². The first-order valence-corrected chi connectivity index (χ1v) is 7.70. The third kappa shape index (κ3) is 3.45. The van der Waals surface area contributed by atoms with Crippen LogP contribution in [0.15, 0.2) is 40.2 Å². The van der Waals surface area contributed by atoms with Crippen LogP contribution in [-0.2, 0) is 5.41 Å². The first-order chi connectivity index (χ1) is 8.88. The number of amides is 1. The summed E-state index contributed by atoms with van der Waals surface area (Å²) < 4.78 is 0.835. The van der Waals surface area contributed by atoms with Crippen LogP contribution in [0.25, 0.3) is 0 Å². The summed E-state index contributed by atoms with van der Waals surface area (Å²) in [5.41, 5.74) is 2.19. The molecular weight excluding hydrogens is 322 g/mol. The number of nitrogens with one attached hydrogen (secondary N) is 1. The van der Waals surface area contributed by atoms with E-state index in [9.17, 15) is 4.79 Å². The van der Waals surface area contributed by atoms with E-state index in [1.807, 2.05) is 23.6 Å². The molecule has 4 heteroatoms. The van der Waals surface area contributed by atoms with Crippen molar-refractivity contribution in [3.63, 3.8) is 0 Å². The van der Waals surface area contributed by atoms with Gasteiger partial charge in [-0.2, -0.15) is 0 Å². The Morgan fingerprint density at radius 1 is 1.16 bits per heavy atom. The van der Waals surface area contributed by atoms with Gasteiger partial charge in [-0.25, -0.2) is 0 Å². The van der Waals surface area contributed by atoms with Gasteiger partial charge in [-0.05, 0) is 50.5 Å². The van der Waals surface area contributed by atoms with Crippen LogP contribution in [0, 0.1) is 0 Å². The maximum Gasteiger partial charge on any atom is 0.266 e. The number of anilines is 1. The molecule has 0 saturated heterocycles. The highest BCUT2D eigenvalue weighted by Gasteiger charge is 2.14. The number of carbonyl (C=O) groups is 1. The summed E-state index contributed by atoms with van der Waals surface area (Å²) in [5, 5.41) is 4.80. The van der Waals surface area contributed by atoms with Crippen LogP contribution in [0.5, 0.6) is 0 Å². The minimum absolute atomic E-state index is 0.0783. The van der Waals surface area contributed by atoms with Crippen molar-refractivity contribution < 1.29 is 4.79 Å². The van der Waals surface area contributed by atoms with Crippen molar-refractivity contribution in [3.8, 4) is 0 Å². The zero-order valence-corrected chi connectivity index (χ0v) is 13.6. The second kappa shape index (κ2) is 5.47. The molecule has 0 radical (unpaired) electrons. The monoisotopic (exact) mass is 337 g/mol. The topological polar surface area (TPSA) is 29.1 Å². The second-order valence-electron chi connectivity index (χ2n) is 5.38. The van der Waals surface area contributed by atoms with Crippen LogP contribution < -0.4 is 5.32 Å². The predicted octanol–water partition coefficient (Wildman–Crippen LogP) is 5.06. The molecule has 1 heterocycles. The fourth-order valence-corrected chi connectivity index (χ4v) is 3.14. The molecule has 0 bridgehead atoms. The molecule has 0 aliphatic heterocycles. The number of benzene rings is 1. The van der Waals surface area contributed by atoms with Gasteiger partial charge in [0.1, 0.15) is 4.88 Å².